The lowest BCUT2D eigenvalue weighted by Crippen LogP contribution is -2.47. The number of unbranched alkanes of at least 4 members (excludes halogenated alkanes) is 16. The molecule has 0 saturated carbocycles. The van der Waals surface area contributed by atoms with Crippen molar-refractivity contribution in [3.8, 4) is 0 Å². The molecule has 8 nitrogen and oxygen atoms in total. The monoisotopic (exact) mass is 694 g/mol. The Labute approximate surface area is 300 Å². The summed E-state index contributed by atoms with van der Waals surface area (Å²) in [5, 5.41) is 0.526. The molecule has 2 aliphatic rings. The minimum Gasteiger partial charge on any atom is -0.428 e. The van der Waals surface area contributed by atoms with E-state index in [2.05, 4.69) is 23.8 Å². The van der Waals surface area contributed by atoms with Gasteiger partial charge in [0.2, 0.25) is 6.79 Å². The number of fused-ring (bicyclic) bond motifs is 2. The molecule has 2 aromatic carbocycles. The predicted octanol–water partition coefficient (Wildman–Crippen LogP) is 10.8. The van der Waals surface area contributed by atoms with E-state index < -0.39 is 12.9 Å². The highest BCUT2D eigenvalue weighted by Gasteiger charge is 2.31. The maximum atomic E-state index is 13.6. The molecule has 270 valence electrons. The van der Waals surface area contributed by atoms with Gasteiger partial charge in [-0.3, -0.25) is 4.79 Å². The third-order valence-corrected chi connectivity index (χ3v) is 9.90. The molecule has 2 aliphatic heterocycles. The molecule has 0 N–H and O–H groups in total. The number of carbonyl (C=O) groups is 2. The van der Waals surface area contributed by atoms with Crippen molar-refractivity contribution in [1.29, 1.82) is 0 Å². The molecule has 0 spiro atoms. The van der Waals surface area contributed by atoms with Crippen LogP contribution < -0.4 is 4.90 Å². The average Bonchev–Trinajstić information content (AvgIpc) is 3.24. The fourth-order valence-electron chi connectivity index (χ4n) is 6.67. The van der Waals surface area contributed by atoms with E-state index in [1.165, 1.54) is 94.8 Å². The summed E-state index contributed by atoms with van der Waals surface area (Å²) in [6.45, 7) is 5.31. The molecule has 0 radical (unpaired) electrons. The lowest BCUT2D eigenvalue weighted by atomic mass is 10.0. The van der Waals surface area contributed by atoms with Crippen molar-refractivity contribution >= 4 is 46.6 Å². The number of rotatable bonds is 20. The van der Waals surface area contributed by atoms with Crippen LogP contribution in [0.1, 0.15) is 128 Å². The first-order chi connectivity index (χ1) is 24.0. The van der Waals surface area contributed by atoms with E-state index in [9.17, 15) is 9.59 Å². The van der Waals surface area contributed by atoms with Crippen LogP contribution in [-0.4, -0.2) is 67.7 Å². The number of para-hydroxylation sites is 1. The van der Waals surface area contributed by atoms with E-state index in [0.717, 1.165) is 56.8 Å². The molecule has 1 saturated heterocycles. The normalized spacial score (nSPS) is 14.6. The summed E-state index contributed by atoms with van der Waals surface area (Å²) >= 11 is 6.38. The van der Waals surface area contributed by atoms with Gasteiger partial charge < -0.3 is 19.3 Å². The maximum Gasteiger partial charge on any atom is 0.421 e. The Morgan fingerprint density at radius 2 is 1.29 bits per heavy atom. The summed E-state index contributed by atoms with van der Waals surface area (Å²) in [7, 11) is 2.11. The molecule has 9 heteroatoms. The lowest BCUT2D eigenvalue weighted by molar-refractivity contribution is -0.151. The standard InChI is InChI=1S/C40H59ClN4O4/c1-3-4-5-6-7-8-9-10-11-12-13-14-15-16-17-18-19-24-38(46)48-32-49-40(47)45-36-23-21-20-22-34(36)39(44-29-27-43(2)28-30-44)42-35-31-33(41)25-26-37(35)45/h20-23,25-26,31H,3-19,24,27-30,32H2,1-2H3. The van der Waals surface area contributed by atoms with Crippen molar-refractivity contribution < 1.29 is 19.1 Å². The summed E-state index contributed by atoms with van der Waals surface area (Å²) in [6, 6.07) is 13.0. The van der Waals surface area contributed by atoms with Gasteiger partial charge in [0.1, 0.15) is 5.84 Å². The number of carbonyl (C=O) groups excluding carboxylic acids is 2. The Bertz CT molecular complexity index is 1330. The highest BCUT2D eigenvalue weighted by Crippen LogP contribution is 2.42. The number of hydrogen-bond acceptors (Lipinski definition) is 7. The van der Waals surface area contributed by atoms with Gasteiger partial charge >= 0.3 is 12.1 Å². The second-order valence-corrected chi connectivity index (χ2v) is 14.1. The fraction of sp³-hybridized carbons (Fsp3) is 0.625. The molecule has 49 heavy (non-hydrogen) atoms. The van der Waals surface area contributed by atoms with Crippen LogP contribution in [0.25, 0.3) is 0 Å². The number of aliphatic imine (C=N–C) groups is 1. The van der Waals surface area contributed by atoms with E-state index in [4.69, 9.17) is 26.1 Å². The van der Waals surface area contributed by atoms with Crippen LogP contribution in [0.4, 0.5) is 21.9 Å². The third kappa shape index (κ3) is 12.9. The Hall–Kier alpha value is -3.10. The summed E-state index contributed by atoms with van der Waals surface area (Å²) in [5.74, 6) is 0.445. The van der Waals surface area contributed by atoms with Gasteiger partial charge in [-0.25, -0.2) is 14.7 Å². The van der Waals surface area contributed by atoms with E-state index in [1.54, 1.807) is 18.2 Å². The number of esters is 1. The van der Waals surface area contributed by atoms with Gasteiger partial charge in [0.05, 0.1) is 17.1 Å². The molecule has 0 bridgehead atoms. The van der Waals surface area contributed by atoms with E-state index in [-0.39, 0.29) is 5.97 Å². The van der Waals surface area contributed by atoms with Crippen LogP contribution in [-0.2, 0) is 14.3 Å². The number of hydrogen-bond donors (Lipinski definition) is 0. The van der Waals surface area contributed by atoms with E-state index >= 15 is 0 Å². The van der Waals surface area contributed by atoms with E-state index in [1.807, 2.05) is 24.3 Å². The molecule has 4 rings (SSSR count). The first-order valence-electron chi connectivity index (χ1n) is 19.0. The van der Waals surface area contributed by atoms with Gasteiger partial charge in [0.15, 0.2) is 0 Å². The molecule has 0 unspecified atom stereocenters. The van der Waals surface area contributed by atoms with E-state index in [0.29, 0.717) is 28.5 Å². The van der Waals surface area contributed by atoms with Gasteiger partial charge in [-0.15, -0.1) is 0 Å². The Balaban J connectivity index is 1.13. The van der Waals surface area contributed by atoms with Crippen LogP contribution in [0.3, 0.4) is 0 Å². The van der Waals surface area contributed by atoms with Crippen LogP contribution in [0.15, 0.2) is 47.5 Å². The highest BCUT2D eigenvalue weighted by molar-refractivity contribution is 6.31. The molecule has 0 aromatic heterocycles. The smallest absolute Gasteiger partial charge is 0.421 e. The molecule has 0 atom stereocenters. The summed E-state index contributed by atoms with van der Waals surface area (Å²) in [5.41, 5.74) is 2.61. The summed E-state index contributed by atoms with van der Waals surface area (Å²) in [6.07, 6.45) is 21.7. The number of halogens is 1. The fourth-order valence-corrected chi connectivity index (χ4v) is 6.84. The van der Waals surface area contributed by atoms with Crippen molar-refractivity contribution in [2.45, 2.75) is 122 Å². The molecule has 2 heterocycles. The highest BCUT2D eigenvalue weighted by atomic mass is 35.5. The second-order valence-electron chi connectivity index (χ2n) is 13.7. The third-order valence-electron chi connectivity index (χ3n) is 9.66. The number of benzene rings is 2. The number of likely N-dealkylation sites (N-methyl/N-ethyl adjacent to an activating group) is 1. The first kappa shape index (κ1) is 38.7. The summed E-state index contributed by atoms with van der Waals surface area (Å²) < 4.78 is 10.8. The van der Waals surface area contributed by atoms with Gasteiger partial charge in [0.25, 0.3) is 0 Å². The number of anilines is 2. The molecular weight excluding hydrogens is 636 g/mol. The van der Waals surface area contributed by atoms with Crippen molar-refractivity contribution in [3.63, 3.8) is 0 Å². The maximum absolute atomic E-state index is 13.6. The summed E-state index contributed by atoms with van der Waals surface area (Å²) in [4.78, 5) is 37.1. The number of ether oxygens (including phenoxy) is 2. The lowest BCUT2D eigenvalue weighted by Gasteiger charge is -2.35. The van der Waals surface area contributed by atoms with Crippen LogP contribution in [0.5, 0.6) is 0 Å². The molecule has 2 aromatic rings. The quantitative estimate of drug-likeness (QED) is 0.0780. The number of amides is 1. The van der Waals surface area contributed by atoms with Gasteiger partial charge in [-0.2, -0.15) is 0 Å². The van der Waals surface area contributed by atoms with Crippen LogP contribution in [0.2, 0.25) is 5.02 Å². The number of piperazine rings is 1. The van der Waals surface area contributed by atoms with Crippen molar-refractivity contribution in [1.82, 2.24) is 9.80 Å². The van der Waals surface area contributed by atoms with Gasteiger partial charge in [0, 0.05) is 43.2 Å². The predicted molar refractivity (Wildman–Crippen MR) is 202 cm³/mol. The molecule has 0 aliphatic carbocycles. The minimum atomic E-state index is -0.642. The molecule has 1 amide bonds. The van der Waals surface area contributed by atoms with Crippen molar-refractivity contribution in [3.05, 3.63) is 53.1 Å². The Kier molecular flexibility index (Phi) is 17.3. The second kappa shape index (κ2) is 21.9. The zero-order valence-corrected chi connectivity index (χ0v) is 30.9. The van der Waals surface area contributed by atoms with Gasteiger partial charge in [-0.05, 0) is 43.8 Å². The SMILES string of the molecule is CCCCCCCCCCCCCCCCCCCC(=O)OCOC(=O)N1c2ccc(Cl)cc2N=C(N2CCN(C)CC2)c2ccccc21. The molecule has 1 fully saturated rings. The first-order valence-corrected chi connectivity index (χ1v) is 19.4. The molecular formula is C40H59ClN4O4. The van der Waals surface area contributed by atoms with Gasteiger partial charge in [-0.1, -0.05) is 133 Å². The van der Waals surface area contributed by atoms with Crippen LogP contribution >= 0.6 is 11.6 Å². The zero-order valence-electron chi connectivity index (χ0n) is 30.1. The Morgan fingerprint density at radius 3 is 1.90 bits per heavy atom. The van der Waals surface area contributed by atoms with Crippen LogP contribution in [0, 0.1) is 0 Å². The topological polar surface area (TPSA) is 74.7 Å². The van der Waals surface area contributed by atoms with Crippen molar-refractivity contribution in [2.75, 3.05) is 44.9 Å². The average molecular weight is 695 g/mol. The number of amidine groups is 1. The largest absolute Gasteiger partial charge is 0.428 e. The Morgan fingerprint density at radius 1 is 0.714 bits per heavy atom. The number of nitrogens with zero attached hydrogens (tertiary/aromatic N) is 4. The zero-order chi connectivity index (χ0) is 34.7. The minimum absolute atomic E-state index is 0.326. The van der Waals surface area contributed by atoms with Crippen molar-refractivity contribution in [2.24, 2.45) is 4.99 Å².